The molecule has 150 valence electrons. The van der Waals surface area contributed by atoms with Gasteiger partial charge in [0.05, 0.1) is 17.1 Å². The van der Waals surface area contributed by atoms with Crippen molar-refractivity contribution >= 4 is 23.4 Å². The number of imidazole rings is 1. The summed E-state index contributed by atoms with van der Waals surface area (Å²) < 4.78 is 0. The lowest BCUT2D eigenvalue weighted by Gasteiger charge is -2.05. The normalized spacial score (nSPS) is 10.7. The Morgan fingerprint density at radius 2 is 1.53 bits per heavy atom. The second kappa shape index (κ2) is 9.46. The molecule has 0 fully saturated rings. The summed E-state index contributed by atoms with van der Waals surface area (Å²) in [5, 5.41) is 3.67. The van der Waals surface area contributed by atoms with Gasteiger partial charge in [0.2, 0.25) is 5.91 Å². The number of aromatic nitrogens is 2. The van der Waals surface area contributed by atoms with E-state index in [0.29, 0.717) is 0 Å². The number of H-pyrrole nitrogens is 1. The van der Waals surface area contributed by atoms with Crippen LogP contribution in [-0.4, -0.2) is 21.6 Å². The van der Waals surface area contributed by atoms with E-state index in [-0.39, 0.29) is 11.7 Å². The average molecular weight is 414 g/mol. The highest BCUT2D eigenvalue weighted by Crippen LogP contribution is 2.32. The number of carbonyl (C=O) groups excluding carboxylic acids is 1. The molecule has 3 aromatic carbocycles. The summed E-state index contributed by atoms with van der Waals surface area (Å²) in [5.74, 6) is 0.231. The molecule has 0 atom stereocenters. The van der Waals surface area contributed by atoms with Crippen molar-refractivity contribution < 1.29 is 4.79 Å². The van der Waals surface area contributed by atoms with Crippen LogP contribution in [0.4, 0.5) is 5.69 Å². The molecular weight excluding hydrogens is 390 g/mol. The molecule has 0 aliphatic carbocycles. The maximum atomic E-state index is 12.4. The summed E-state index contributed by atoms with van der Waals surface area (Å²) in [4.78, 5) is 20.6. The van der Waals surface area contributed by atoms with Gasteiger partial charge >= 0.3 is 0 Å². The van der Waals surface area contributed by atoms with Crippen molar-refractivity contribution in [1.82, 2.24) is 9.97 Å². The van der Waals surface area contributed by atoms with Crippen molar-refractivity contribution in [3.63, 3.8) is 0 Å². The van der Waals surface area contributed by atoms with E-state index in [1.54, 1.807) is 0 Å². The largest absolute Gasteiger partial charge is 0.332 e. The van der Waals surface area contributed by atoms with Gasteiger partial charge in [0.25, 0.3) is 0 Å². The molecule has 0 saturated carbocycles. The van der Waals surface area contributed by atoms with Crippen LogP contribution >= 0.6 is 11.8 Å². The van der Waals surface area contributed by atoms with Gasteiger partial charge in [-0.2, -0.15) is 0 Å². The van der Waals surface area contributed by atoms with Crippen molar-refractivity contribution in [1.29, 1.82) is 0 Å². The monoisotopic (exact) mass is 413 g/mol. The number of anilines is 1. The lowest BCUT2D eigenvalue weighted by Crippen LogP contribution is -2.14. The van der Waals surface area contributed by atoms with E-state index in [0.717, 1.165) is 39.8 Å². The smallest absolute Gasteiger partial charge is 0.234 e. The molecule has 0 radical (unpaired) electrons. The Bertz CT molecular complexity index is 1050. The lowest BCUT2D eigenvalue weighted by molar-refractivity contribution is -0.113. The van der Waals surface area contributed by atoms with E-state index in [2.05, 4.69) is 29.4 Å². The molecular formula is C25H23N3OS. The minimum atomic E-state index is -0.0526. The third-order valence-electron chi connectivity index (χ3n) is 4.78. The van der Waals surface area contributed by atoms with Crippen LogP contribution in [0.1, 0.15) is 12.5 Å². The van der Waals surface area contributed by atoms with Crippen LogP contribution in [0.3, 0.4) is 0 Å². The van der Waals surface area contributed by atoms with Crippen LogP contribution in [0.5, 0.6) is 0 Å². The van der Waals surface area contributed by atoms with E-state index < -0.39 is 0 Å². The van der Waals surface area contributed by atoms with Gasteiger partial charge < -0.3 is 10.3 Å². The molecule has 4 aromatic rings. The van der Waals surface area contributed by atoms with E-state index >= 15 is 0 Å². The Hall–Kier alpha value is -3.31. The molecule has 4 nitrogen and oxygen atoms in total. The van der Waals surface area contributed by atoms with Gasteiger partial charge in [-0.15, -0.1) is 0 Å². The molecule has 0 saturated heterocycles. The van der Waals surface area contributed by atoms with E-state index in [4.69, 9.17) is 4.98 Å². The highest BCUT2D eigenvalue weighted by molar-refractivity contribution is 7.99. The lowest BCUT2D eigenvalue weighted by atomic mass is 10.1. The maximum Gasteiger partial charge on any atom is 0.234 e. The Kier molecular flexibility index (Phi) is 6.30. The third kappa shape index (κ3) is 4.81. The van der Waals surface area contributed by atoms with Gasteiger partial charge in [0.15, 0.2) is 5.16 Å². The van der Waals surface area contributed by atoms with Crippen LogP contribution in [0.15, 0.2) is 90.1 Å². The molecule has 1 amide bonds. The van der Waals surface area contributed by atoms with Crippen molar-refractivity contribution in [3.8, 4) is 22.5 Å². The van der Waals surface area contributed by atoms with Crippen molar-refractivity contribution in [2.45, 2.75) is 18.5 Å². The molecule has 0 unspecified atom stereocenters. The first-order valence-corrected chi connectivity index (χ1v) is 10.9. The van der Waals surface area contributed by atoms with Gasteiger partial charge in [0.1, 0.15) is 0 Å². The predicted molar refractivity (Wildman–Crippen MR) is 125 cm³/mol. The van der Waals surface area contributed by atoms with Gasteiger partial charge in [0, 0.05) is 16.8 Å². The number of hydrogen-bond donors (Lipinski definition) is 2. The molecule has 0 aliphatic rings. The zero-order valence-electron chi connectivity index (χ0n) is 16.8. The minimum absolute atomic E-state index is 0.0526. The number of rotatable bonds is 7. The van der Waals surface area contributed by atoms with Crippen molar-refractivity contribution in [3.05, 3.63) is 90.5 Å². The van der Waals surface area contributed by atoms with E-state index in [1.165, 1.54) is 17.3 Å². The van der Waals surface area contributed by atoms with Gasteiger partial charge in [-0.1, -0.05) is 91.5 Å². The average Bonchev–Trinajstić information content (AvgIpc) is 3.24. The Balaban J connectivity index is 1.50. The standard InChI is InChI=1S/C25H23N3OS/c1-2-18-13-15-21(16-14-18)26-22(29)17-30-25-27-23(19-9-5-3-6-10-19)24(28-25)20-11-7-4-8-12-20/h3-16H,2,17H2,1H3,(H,26,29)(H,27,28). The number of hydrogen-bond acceptors (Lipinski definition) is 3. The minimum Gasteiger partial charge on any atom is -0.332 e. The molecule has 1 heterocycles. The van der Waals surface area contributed by atoms with E-state index in [9.17, 15) is 4.79 Å². The molecule has 4 rings (SSSR count). The van der Waals surface area contributed by atoms with Gasteiger partial charge in [-0.05, 0) is 24.1 Å². The number of nitrogens with zero attached hydrogens (tertiary/aromatic N) is 1. The van der Waals surface area contributed by atoms with Crippen LogP contribution in [0, 0.1) is 0 Å². The quantitative estimate of drug-likeness (QED) is 0.363. The second-order valence-corrected chi connectivity index (χ2v) is 7.85. The number of amides is 1. The number of thioether (sulfide) groups is 1. The van der Waals surface area contributed by atoms with Crippen molar-refractivity contribution in [2.24, 2.45) is 0 Å². The summed E-state index contributed by atoms with van der Waals surface area (Å²) in [5.41, 5.74) is 6.02. The summed E-state index contributed by atoms with van der Waals surface area (Å²) >= 11 is 1.40. The third-order valence-corrected chi connectivity index (χ3v) is 5.65. The summed E-state index contributed by atoms with van der Waals surface area (Å²) in [7, 11) is 0. The number of benzene rings is 3. The SMILES string of the molecule is CCc1ccc(NC(=O)CSc2nc(-c3ccccc3)c(-c3ccccc3)[nH]2)cc1. The topological polar surface area (TPSA) is 57.8 Å². The predicted octanol–water partition coefficient (Wildman–Crippen LogP) is 6.04. The number of aromatic amines is 1. The fourth-order valence-electron chi connectivity index (χ4n) is 3.19. The van der Waals surface area contributed by atoms with E-state index in [1.807, 2.05) is 72.8 Å². The number of aryl methyl sites for hydroxylation is 1. The molecule has 0 aliphatic heterocycles. The molecule has 2 N–H and O–H groups in total. The Morgan fingerprint density at radius 3 is 2.17 bits per heavy atom. The number of carbonyl (C=O) groups is 1. The van der Waals surface area contributed by atoms with Gasteiger partial charge in [-0.25, -0.2) is 4.98 Å². The summed E-state index contributed by atoms with van der Waals surface area (Å²) in [6.45, 7) is 2.11. The second-order valence-electron chi connectivity index (χ2n) is 6.88. The number of nitrogens with one attached hydrogen (secondary N) is 2. The highest BCUT2D eigenvalue weighted by Gasteiger charge is 2.15. The summed E-state index contributed by atoms with van der Waals surface area (Å²) in [6, 6.07) is 28.2. The molecule has 0 bridgehead atoms. The molecule has 0 spiro atoms. The summed E-state index contributed by atoms with van der Waals surface area (Å²) in [6.07, 6.45) is 0.982. The maximum absolute atomic E-state index is 12.4. The fraction of sp³-hybridized carbons (Fsp3) is 0.120. The first-order chi connectivity index (χ1) is 14.7. The van der Waals surface area contributed by atoms with Crippen LogP contribution in [-0.2, 0) is 11.2 Å². The molecule has 30 heavy (non-hydrogen) atoms. The fourth-order valence-corrected chi connectivity index (χ4v) is 3.86. The van der Waals surface area contributed by atoms with Gasteiger partial charge in [-0.3, -0.25) is 4.79 Å². The Morgan fingerprint density at radius 1 is 0.900 bits per heavy atom. The first-order valence-electron chi connectivity index (χ1n) is 9.95. The first kappa shape index (κ1) is 20.0. The zero-order chi connectivity index (χ0) is 20.8. The molecule has 5 heteroatoms. The zero-order valence-corrected chi connectivity index (χ0v) is 17.6. The van der Waals surface area contributed by atoms with Crippen molar-refractivity contribution in [2.75, 3.05) is 11.1 Å². The van der Waals surface area contributed by atoms with Crippen LogP contribution < -0.4 is 5.32 Å². The van der Waals surface area contributed by atoms with Crippen LogP contribution in [0.2, 0.25) is 0 Å². The molecule has 1 aromatic heterocycles. The highest BCUT2D eigenvalue weighted by atomic mass is 32.2. The Labute approximate surface area is 180 Å². The van der Waals surface area contributed by atoms with Crippen LogP contribution in [0.25, 0.3) is 22.5 Å².